The predicted molar refractivity (Wildman–Crippen MR) is 129 cm³/mol. The van der Waals surface area contributed by atoms with Gasteiger partial charge in [0, 0.05) is 12.3 Å². The van der Waals surface area contributed by atoms with Gasteiger partial charge in [-0.25, -0.2) is 0 Å². The van der Waals surface area contributed by atoms with Crippen molar-refractivity contribution in [2.75, 3.05) is 6.61 Å². The number of carbonyl (C=O) groups is 1. The number of unbranched alkanes of at least 4 members (excludes halogenated alkanes) is 7. The Hall–Kier alpha value is -0.870. The van der Waals surface area contributed by atoms with E-state index >= 15 is 0 Å². The maximum absolute atomic E-state index is 11.4. The number of hydrogen-bond donors (Lipinski definition) is 2. The molecule has 0 aromatic rings. The third-order valence-corrected chi connectivity index (χ3v) is 6.86. The summed E-state index contributed by atoms with van der Waals surface area (Å²) in [4.78, 5) is 11.4. The normalized spacial score (nSPS) is 20.5. The molecule has 4 heteroatoms. The summed E-state index contributed by atoms with van der Waals surface area (Å²) in [5.74, 6) is 0.157. The largest absolute Gasteiger partial charge is 0.466 e. The Morgan fingerprint density at radius 2 is 1.65 bits per heavy atom. The van der Waals surface area contributed by atoms with Crippen LogP contribution in [-0.4, -0.2) is 34.5 Å². The van der Waals surface area contributed by atoms with Crippen molar-refractivity contribution in [3.63, 3.8) is 0 Å². The second-order valence-electron chi connectivity index (χ2n) is 9.59. The first-order valence-electron chi connectivity index (χ1n) is 13.2. The van der Waals surface area contributed by atoms with Crippen molar-refractivity contribution in [2.45, 2.75) is 142 Å². The molecule has 0 bridgehead atoms. The van der Waals surface area contributed by atoms with Crippen LogP contribution in [0, 0.1) is 5.92 Å². The van der Waals surface area contributed by atoms with Crippen LogP contribution in [0.25, 0.3) is 0 Å². The van der Waals surface area contributed by atoms with Gasteiger partial charge in [-0.2, -0.15) is 0 Å². The minimum atomic E-state index is -0.581. The van der Waals surface area contributed by atoms with E-state index < -0.39 is 5.60 Å². The molecule has 1 fully saturated rings. The number of carbonyl (C=O) groups excluding carboxylic acids is 1. The van der Waals surface area contributed by atoms with E-state index in [1.807, 2.05) is 6.92 Å². The van der Waals surface area contributed by atoms with Crippen LogP contribution in [-0.2, 0) is 9.53 Å². The molecule has 4 nitrogen and oxygen atoms in total. The summed E-state index contributed by atoms with van der Waals surface area (Å²) in [7, 11) is 0. The zero-order valence-electron chi connectivity index (χ0n) is 20.7. The Balaban J connectivity index is 2.49. The Morgan fingerprint density at radius 1 is 1.00 bits per heavy atom. The monoisotopic (exact) mass is 438 g/mol. The maximum atomic E-state index is 11.4. The van der Waals surface area contributed by atoms with Crippen molar-refractivity contribution >= 4 is 5.97 Å². The standard InChI is InChI=1S/C27H50O4/c1-4-7-13-20-27(30,21-14-8-5-2)22-19-23-17-18-25(28)24(23)15-11-9-10-12-16-26(29)31-6-3/h19,24-25,28,30H,4-18,20-22H2,1-3H3/t24-,25+/m1/s1. The highest BCUT2D eigenvalue weighted by Crippen LogP contribution is 2.37. The van der Waals surface area contributed by atoms with E-state index in [2.05, 4.69) is 19.9 Å². The van der Waals surface area contributed by atoms with Crippen molar-refractivity contribution in [2.24, 2.45) is 5.92 Å². The average molecular weight is 439 g/mol. The van der Waals surface area contributed by atoms with Crippen LogP contribution < -0.4 is 0 Å². The Morgan fingerprint density at radius 3 is 2.26 bits per heavy atom. The molecule has 0 saturated heterocycles. The van der Waals surface area contributed by atoms with Gasteiger partial charge in [0.15, 0.2) is 0 Å². The molecule has 0 aliphatic heterocycles. The van der Waals surface area contributed by atoms with Crippen LogP contribution in [0.15, 0.2) is 11.6 Å². The zero-order valence-corrected chi connectivity index (χ0v) is 20.7. The van der Waals surface area contributed by atoms with Crippen LogP contribution in [0.1, 0.15) is 130 Å². The lowest BCUT2D eigenvalue weighted by atomic mass is 9.85. The Bertz CT molecular complexity index is 489. The van der Waals surface area contributed by atoms with Gasteiger partial charge in [-0.15, -0.1) is 0 Å². The van der Waals surface area contributed by atoms with Crippen LogP contribution >= 0.6 is 0 Å². The fourth-order valence-corrected chi connectivity index (χ4v) is 4.86. The Kier molecular flexibility index (Phi) is 15.2. The highest BCUT2D eigenvalue weighted by Gasteiger charge is 2.31. The fourth-order valence-electron chi connectivity index (χ4n) is 4.86. The predicted octanol–water partition coefficient (Wildman–Crippen LogP) is 6.87. The van der Waals surface area contributed by atoms with Gasteiger partial charge in [0.05, 0.1) is 18.3 Å². The summed E-state index contributed by atoms with van der Waals surface area (Å²) in [5.41, 5.74) is 0.783. The second-order valence-corrected chi connectivity index (χ2v) is 9.59. The summed E-state index contributed by atoms with van der Waals surface area (Å²) < 4.78 is 4.97. The summed E-state index contributed by atoms with van der Waals surface area (Å²) >= 11 is 0. The van der Waals surface area contributed by atoms with Gasteiger partial charge in [0.2, 0.25) is 0 Å². The molecule has 2 atom stereocenters. The first kappa shape index (κ1) is 28.2. The van der Waals surface area contributed by atoms with E-state index in [9.17, 15) is 15.0 Å². The third-order valence-electron chi connectivity index (χ3n) is 6.86. The maximum Gasteiger partial charge on any atom is 0.305 e. The molecule has 0 unspecified atom stereocenters. The van der Waals surface area contributed by atoms with Gasteiger partial charge in [0.1, 0.15) is 0 Å². The van der Waals surface area contributed by atoms with E-state index in [0.717, 1.165) is 77.0 Å². The smallest absolute Gasteiger partial charge is 0.305 e. The summed E-state index contributed by atoms with van der Waals surface area (Å²) in [6.07, 6.45) is 18.9. The molecule has 31 heavy (non-hydrogen) atoms. The van der Waals surface area contributed by atoms with Crippen LogP contribution in [0.4, 0.5) is 0 Å². The number of esters is 1. The van der Waals surface area contributed by atoms with E-state index in [0.29, 0.717) is 13.0 Å². The molecule has 1 aliphatic rings. The van der Waals surface area contributed by atoms with Crippen molar-refractivity contribution < 1.29 is 19.7 Å². The molecule has 0 aromatic carbocycles. The molecular weight excluding hydrogens is 388 g/mol. The second kappa shape index (κ2) is 16.7. The fraction of sp³-hybridized carbons (Fsp3) is 0.889. The lowest BCUT2D eigenvalue weighted by Gasteiger charge is -2.28. The number of ether oxygens (including phenoxy) is 1. The van der Waals surface area contributed by atoms with Gasteiger partial charge < -0.3 is 14.9 Å². The molecule has 0 heterocycles. The van der Waals surface area contributed by atoms with Crippen molar-refractivity contribution in [1.82, 2.24) is 0 Å². The average Bonchev–Trinajstić information content (AvgIpc) is 3.09. The van der Waals surface area contributed by atoms with Crippen LogP contribution in [0.3, 0.4) is 0 Å². The van der Waals surface area contributed by atoms with E-state index in [1.165, 1.54) is 31.3 Å². The van der Waals surface area contributed by atoms with Gasteiger partial charge in [-0.1, -0.05) is 83.3 Å². The van der Waals surface area contributed by atoms with E-state index in [4.69, 9.17) is 4.74 Å². The number of aliphatic hydroxyl groups excluding tert-OH is 1. The van der Waals surface area contributed by atoms with Crippen molar-refractivity contribution in [1.29, 1.82) is 0 Å². The molecule has 0 amide bonds. The molecule has 0 radical (unpaired) electrons. The third kappa shape index (κ3) is 12.1. The van der Waals surface area contributed by atoms with Gasteiger partial charge in [-0.05, 0) is 51.9 Å². The lowest BCUT2D eigenvalue weighted by molar-refractivity contribution is -0.143. The van der Waals surface area contributed by atoms with E-state index in [-0.39, 0.29) is 18.0 Å². The molecule has 1 saturated carbocycles. The van der Waals surface area contributed by atoms with Crippen LogP contribution in [0.2, 0.25) is 0 Å². The number of aliphatic hydroxyl groups is 2. The first-order valence-corrected chi connectivity index (χ1v) is 13.2. The molecule has 0 aromatic heterocycles. The summed E-state index contributed by atoms with van der Waals surface area (Å²) in [6.45, 7) is 6.71. The van der Waals surface area contributed by atoms with Gasteiger partial charge >= 0.3 is 5.97 Å². The van der Waals surface area contributed by atoms with E-state index in [1.54, 1.807) is 0 Å². The topological polar surface area (TPSA) is 66.8 Å². The molecular formula is C27H50O4. The van der Waals surface area contributed by atoms with Crippen LogP contribution in [0.5, 0.6) is 0 Å². The SMILES string of the molecule is CCCCCC(O)(CC=C1CC[C@H](O)[C@@H]1CCCCCCC(=O)OCC)CCCCC. The highest BCUT2D eigenvalue weighted by molar-refractivity contribution is 5.69. The number of rotatable bonds is 18. The van der Waals surface area contributed by atoms with Crippen molar-refractivity contribution in [3.8, 4) is 0 Å². The molecule has 0 spiro atoms. The highest BCUT2D eigenvalue weighted by atomic mass is 16.5. The zero-order chi connectivity index (χ0) is 23.0. The molecule has 2 N–H and O–H groups in total. The summed E-state index contributed by atoms with van der Waals surface area (Å²) in [6, 6.07) is 0. The minimum Gasteiger partial charge on any atom is -0.466 e. The molecule has 182 valence electrons. The number of hydrogen-bond acceptors (Lipinski definition) is 4. The summed E-state index contributed by atoms with van der Waals surface area (Å²) in [5, 5.41) is 21.8. The van der Waals surface area contributed by atoms with Gasteiger partial charge in [0.25, 0.3) is 0 Å². The lowest BCUT2D eigenvalue weighted by Crippen LogP contribution is -2.28. The Labute approximate surface area is 191 Å². The molecule has 1 rings (SSSR count). The minimum absolute atomic E-state index is 0.0932. The quantitative estimate of drug-likeness (QED) is 0.139. The van der Waals surface area contributed by atoms with Gasteiger partial charge in [-0.3, -0.25) is 4.79 Å². The molecule has 1 aliphatic carbocycles. The first-order chi connectivity index (χ1) is 15.0. The van der Waals surface area contributed by atoms with Crippen molar-refractivity contribution in [3.05, 3.63) is 11.6 Å².